The van der Waals surface area contributed by atoms with Crippen LogP contribution in [0.1, 0.15) is 43.1 Å². The molecule has 0 saturated heterocycles. The first-order valence-electron chi connectivity index (χ1n) is 7.00. The molecule has 0 radical (unpaired) electrons. The molecule has 102 valence electrons. The largest absolute Gasteiger partial charge is 0.300 e. The third-order valence-electron chi connectivity index (χ3n) is 3.74. The van der Waals surface area contributed by atoms with Gasteiger partial charge in [-0.05, 0) is 38.0 Å². The predicted octanol–water partition coefficient (Wildman–Crippen LogP) is 3.07. The molecule has 0 aromatic carbocycles. The molecule has 4 nitrogen and oxygen atoms in total. The predicted molar refractivity (Wildman–Crippen MR) is 76.2 cm³/mol. The Bertz CT molecular complexity index is 615. The summed E-state index contributed by atoms with van der Waals surface area (Å²) in [6.45, 7) is 1.99. The van der Waals surface area contributed by atoms with Crippen molar-refractivity contribution in [3.8, 4) is 11.3 Å². The Kier molecular flexibility index (Phi) is 3.54. The highest BCUT2D eigenvalue weighted by atomic mass is 16.1. The normalized spacial score (nSPS) is 16.4. The molecular weight excluding hydrogens is 250 g/mol. The number of pyridine rings is 1. The number of nitrogens with zero attached hydrogens (tertiary/aromatic N) is 3. The molecule has 0 bridgehead atoms. The third kappa shape index (κ3) is 2.74. The monoisotopic (exact) mass is 267 g/mol. The average Bonchev–Trinajstić information content (AvgIpc) is 2.48. The summed E-state index contributed by atoms with van der Waals surface area (Å²) in [6, 6.07) is 5.89. The number of aromatic nitrogens is 3. The van der Waals surface area contributed by atoms with Gasteiger partial charge in [0.25, 0.3) is 0 Å². The molecule has 0 aliphatic heterocycles. The van der Waals surface area contributed by atoms with Crippen LogP contribution in [0.3, 0.4) is 0 Å². The fourth-order valence-electron chi connectivity index (χ4n) is 2.63. The minimum absolute atomic E-state index is 0.308. The molecule has 4 heteroatoms. The van der Waals surface area contributed by atoms with E-state index in [-0.39, 0.29) is 0 Å². The quantitative estimate of drug-likeness (QED) is 0.839. The lowest BCUT2D eigenvalue weighted by Gasteiger charge is -2.20. The van der Waals surface area contributed by atoms with Crippen LogP contribution in [0.2, 0.25) is 0 Å². The Morgan fingerprint density at radius 2 is 2.00 bits per heavy atom. The zero-order valence-electron chi connectivity index (χ0n) is 11.5. The molecule has 20 heavy (non-hydrogen) atoms. The highest BCUT2D eigenvalue weighted by Crippen LogP contribution is 2.30. The van der Waals surface area contributed by atoms with E-state index in [0.717, 1.165) is 35.6 Å². The third-order valence-corrected chi connectivity index (χ3v) is 3.74. The van der Waals surface area contributed by atoms with Crippen LogP contribution in [0.15, 0.2) is 30.6 Å². The SMILES string of the molecule is Cc1cc(-c2cccnc2)nc(C2CCC(=O)CC2)n1. The maximum atomic E-state index is 11.3. The van der Waals surface area contributed by atoms with Crippen LogP contribution in [-0.4, -0.2) is 20.7 Å². The lowest BCUT2D eigenvalue weighted by molar-refractivity contribution is -0.120. The van der Waals surface area contributed by atoms with Crippen molar-refractivity contribution >= 4 is 5.78 Å². The Labute approximate surface area is 118 Å². The summed E-state index contributed by atoms with van der Waals surface area (Å²) < 4.78 is 0. The summed E-state index contributed by atoms with van der Waals surface area (Å²) >= 11 is 0. The van der Waals surface area contributed by atoms with Crippen LogP contribution < -0.4 is 0 Å². The smallest absolute Gasteiger partial charge is 0.132 e. The van der Waals surface area contributed by atoms with E-state index in [9.17, 15) is 4.79 Å². The highest BCUT2D eigenvalue weighted by molar-refractivity contribution is 5.79. The second kappa shape index (κ2) is 5.49. The van der Waals surface area contributed by atoms with E-state index >= 15 is 0 Å². The molecule has 1 saturated carbocycles. The Hall–Kier alpha value is -2.10. The van der Waals surface area contributed by atoms with Crippen molar-refractivity contribution in [2.45, 2.75) is 38.5 Å². The maximum Gasteiger partial charge on any atom is 0.132 e. The first-order chi connectivity index (χ1) is 9.72. The van der Waals surface area contributed by atoms with Gasteiger partial charge in [0.2, 0.25) is 0 Å². The van der Waals surface area contributed by atoms with Crippen LogP contribution in [0.4, 0.5) is 0 Å². The van der Waals surface area contributed by atoms with Gasteiger partial charge in [0.05, 0.1) is 5.69 Å². The minimum atomic E-state index is 0.308. The molecular formula is C16H17N3O. The van der Waals surface area contributed by atoms with Crippen molar-refractivity contribution < 1.29 is 4.79 Å². The lowest BCUT2D eigenvalue weighted by Crippen LogP contribution is -2.15. The van der Waals surface area contributed by atoms with Crippen molar-refractivity contribution in [3.63, 3.8) is 0 Å². The zero-order chi connectivity index (χ0) is 13.9. The average molecular weight is 267 g/mol. The van der Waals surface area contributed by atoms with Gasteiger partial charge in [-0.15, -0.1) is 0 Å². The van der Waals surface area contributed by atoms with Crippen LogP contribution in [-0.2, 0) is 4.79 Å². The highest BCUT2D eigenvalue weighted by Gasteiger charge is 2.23. The standard InChI is InChI=1S/C16H17N3O/c1-11-9-15(13-3-2-8-17-10-13)19-16(18-11)12-4-6-14(20)7-5-12/h2-3,8-10,12H,4-7H2,1H3. The number of ketones is 1. The minimum Gasteiger partial charge on any atom is -0.300 e. The second-order valence-electron chi connectivity index (χ2n) is 5.31. The molecule has 0 amide bonds. The van der Waals surface area contributed by atoms with Gasteiger partial charge in [-0.25, -0.2) is 9.97 Å². The Balaban J connectivity index is 1.93. The van der Waals surface area contributed by atoms with Crippen LogP contribution in [0.5, 0.6) is 0 Å². The molecule has 1 aliphatic rings. The van der Waals surface area contributed by atoms with Gasteiger partial charge in [-0.2, -0.15) is 0 Å². The first-order valence-corrected chi connectivity index (χ1v) is 7.00. The molecule has 0 spiro atoms. The fraction of sp³-hybridized carbons (Fsp3) is 0.375. The van der Waals surface area contributed by atoms with Crippen molar-refractivity contribution in [2.24, 2.45) is 0 Å². The van der Waals surface area contributed by atoms with Gasteiger partial charge in [0.1, 0.15) is 11.6 Å². The summed E-state index contributed by atoms with van der Waals surface area (Å²) in [4.78, 5) is 24.7. The Morgan fingerprint density at radius 3 is 2.70 bits per heavy atom. The van der Waals surface area contributed by atoms with Crippen molar-refractivity contribution in [3.05, 3.63) is 42.1 Å². The molecule has 1 fully saturated rings. The molecule has 3 rings (SSSR count). The summed E-state index contributed by atoms with van der Waals surface area (Å²) in [5.74, 6) is 1.54. The second-order valence-corrected chi connectivity index (χ2v) is 5.31. The zero-order valence-corrected chi connectivity index (χ0v) is 11.5. The van der Waals surface area contributed by atoms with Crippen molar-refractivity contribution in [1.29, 1.82) is 0 Å². The van der Waals surface area contributed by atoms with Gasteiger partial charge in [0.15, 0.2) is 0 Å². The van der Waals surface area contributed by atoms with Crippen molar-refractivity contribution in [2.75, 3.05) is 0 Å². The van der Waals surface area contributed by atoms with Gasteiger partial charge in [0, 0.05) is 42.4 Å². The lowest BCUT2D eigenvalue weighted by atomic mass is 9.87. The molecule has 1 aliphatic carbocycles. The number of aryl methyl sites for hydroxylation is 1. The number of rotatable bonds is 2. The van der Waals surface area contributed by atoms with E-state index in [2.05, 4.69) is 9.97 Å². The van der Waals surface area contributed by atoms with E-state index in [4.69, 9.17) is 4.98 Å². The first kappa shape index (κ1) is 12.9. The summed E-state index contributed by atoms with van der Waals surface area (Å²) in [5, 5.41) is 0. The summed E-state index contributed by atoms with van der Waals surface area (Å²) in [6.07, 6.45) is 6.62. The van der Waals surface area contributed by atoms with Gasteiger partial charge >= 0.3 is 0 Å². The van der Waals surface area contributed by atoms with E-state index in [0.29, 0.717) is 24.5 Å². The Morgan fingerprint density at radius 1 is 1.20 bits per heavy atom. The number of hydrogen-bond acceptors (Lipinski definition) is 4. The van der Waals surface area contributed by atoms with E-state index < -0.39 is 0 Å². The molecule has 0 atom stereocenters. The molecule has 2 heterocycles. The van der Waals surface area contributed by atoms with Gasteiger partial charge in [-0.1, -0.05) is 0 Å². The fourth-order valence-corrected chi connectivity index (χ4v) is 2.63. The van der Waals surface area contributed by atoms with Crippen molar-refractivity contribution in [1.82, 2.24) is 15.0 Å². The van der Waals surface area contributed by atoms with Crippen LogP contribution in [0.25, 0.3) is 11.3 Å². The van der Waals surface area contributed by atoms with Crippen LogP contribution >= 0.6 is 0 Å². The van der Waals surface area contributed by atoms with E-state index in [1.165, 1.54) is 0 Å². The number of carbonyl (C=O) groups is 1. The molecule has 2 aromatic heterocycles. The van der Waals surface area contributed by atoms with E-state index in [1.807, 2.05) is 31.3 Å². The topological polar surface area (TPSA) is 55.7 Å². The van der Waals surface area contributed by atoms with E-state index in [1.54, 1.807) is 6.20 Å². The number of carbonyl (C=O) groups excluding carboxylic acids is 1. The van der Waals surface area contributed by atoms with Crippen LogP contribution in [0, 0.1) is 6.92 Å². The maximum absolute atomic E-state index is 11.3. The van der Waals surface area contributed by atoms with Gasteiger partial charge < -0.3 is 0 Å². The number of hydrogen-bond donors (Lipinski definition) is 0. The van der Waals surface area contributed by atoms with Gasteiger partial charge in [-0.3, -0.25) is 9.78 Å². The molecule has 0 N–H and O–H groups in total. The summed E-state index contributed by atoms with van der Waals surface area (Å²) in [5.41, 5.74) is 2.88. The molecule has 0 unspecified atom stereocenters. The number of Topliss-reactive ketones (excluding diaryl/α,β-unsaturated/α-hetero) is 1. The molecule has 2 aromatic rings. The summed E-state index contributed by atoms with van der Waals surface area (Å²) in [7, 11) is 0.